The molecule has 1 rings (SSSR count). The zero-order valence-electron chi connectivity index (χ0n) is 17.1. The predicted molar refractivity (Wildman–Crippen MR) is 108 cm³/mol. The van der Waals surface area contributed by atoms with Crippen LogP contribution in [0.5, 0.6) is 0 Å². The minimum Gasteiger partial charge on any atom is -0.420 e. The third-order valence-electron chi connectivity index (χ3n) is 5.38. The first-order chi connectivity index (χ1) is 11.4. The van der Waals surface area contributed by atoms with Gasteiger partial charge in [-0.05, 0) is 46.2 Å². The van der Waals surface area contributed by atoms with Crippen LogP contribution in [0.25, 0.3) is 0 Å². The molecule has 0 bridgehead atoms. The zero-order chi connectivity index (χ0) is 17.8. The van der Waals surface area contributed by atoms with Gasteiger partial charge in [-0.2, -0.15) is 0 Å². The van der Waals surface area contributed by atoms with Crippen molar-refractivity contribution in [3.8, 4) is 0 Å². The lowest BCUT2D eigenvalue weighted by Gasteiger charge is -2.35. The van der Waals surface area contributed by atoms with Crippen LogP contribution in [-0.2, 0) is 4.43 Å². The molecule has 0 spiro atoms. The van der Waals surface area contributed by atoms with Gasteiger partial charge >= 0.3 is 0 Å². The number of piperazine rings is 1. The van der Waals surface area contributed by atoms with E-state index in [-0.39, 0.29) is 0 Å². The molecule has 0 N–H and O–H groups in total. The van der Waals surface area contributed by atoms with Gasteiger partial charge in [-0.1, -0.05) is 32.1 Å². The van der Waals surface area contributed by atoms with E-state index in [4.69, 9.17) is 4.43 Å². The lowest BCUT2D eigenvalue weighted by molar-refractivity contribution is 0.124. The van der Waals surface area contributed by atoms with E-state index in [0.717, 1.165) is 0 Å². The molecule has 0 aromatic heterocycles. The Morgan fingerprint density at radius 3 is 1.83 bits per heavy atom. The van der Waals surface area contributed by atoms with Crippen molar-refractivity contribution in [1.29, 1.82) is 0 Å². The summed E-state index contributed by atoms with van der Waals surface area (Å²) in [5, 5.41) is 0. The number of hydrogen-bond acceptors (Lipinski definition) is 4. The molecule has 0 atom stereocenters. The second-order valence-electron chi connectivity index (χ2n) is 8.32. The molecule has 0 aromatic carbocycles. The van der Waals surface area contributed by atoms with Gasteiger partial charge in [0, 0.05) is 46.4 Å². The van der Waals surface area contributed by atoms with Crippen LogP contribution < -0.4 is 0 Å². The fourth-order valence-electron chi connectivity index (χ4n) is 3.27. The van der Waals surface area contributed by atoms with Gasteiger partial charge in [0.15, 0.2) is 8.32 Å². The first-order valence-corrected chi connectivity index (χ1v) is 13.2. The van der Waals surface area contributed by atoms with E-state index >= 15 is 0 Å². The summed E-state index contributed by atoms with van der Waals surface area (Å²) >= 11 is 0. The normalized spacial score (nSPS) is 17.8. The van der Waals surface area contributed by atoms with Crippen molar-refractivity contribution in [2.24, 2.45) is 0 Å². The molecule has 0 saturated carbocycles. The number of hydrogen-bond donors (Lipinski definition) is 0. The van der Waals surface area contributed by atoms with Crippen LogP contribution in [-0.4, -0.2) is 90.0 Å². The lowest BCUT2D eigenvalue weighted by Crippen LogP contribution is -2.48. The second kappa shape index (κ2) is 12.4. The van der Waals surface area contributed by atoms with Crippen LogP contribution >= 0.6 is 0 Å². The van der Waals surface area contributed by atoms with Crippen molar-refractivity contribution >= 4 is 8.32 Å². The van der Waals surface area contributed by atoms with Crippen molar-refractivity contribution in [1.82, 2.24) is 14.7 Å². The maximum absolute atomic E-state index is 5.61. The predicted octanol–water partition coefficient (Wildman–Crippen LogP) is 3.36. The second-order valence-corrected chi connectivity index (χ2v) is 12.7. The van der Waals surface area contributed by atoms with E-state index in [2.05, 4.69) is 41.9 Å². The van der Waals surface area contributed by atoms with Gasteiger partial charge in [0.1, 0.15) is 0 Å². The van der Waals surface area contributed by atoms with Crippen LogP contribution in [0.3, 0.4) is 0 Å². The molecule has 1 aliphatic rings. The summed E-state index contributed by atoms with van der Waals surface area (Å²) in [6.45, 7) is 13.4. The van der Waals surface area contributed by atoms with Gasteiger partial charge in [0.25, 0.3) is 0 Å². The summed E-state index contributed by atoms with van der Waals surface area (Å²) in [5.41, 5.74) is 0. The highest BCUT2D eigenvalue weighted by Gasteiger charge is 2.19. The van der Waals surface area contributed by atoms with Crippen LogP contribution in [0.1, 0.15) is 38.5 Å². The average molecular weight is 358 g/mol. The van der Waals surface area contributed by atoms with E-state index in [9.17, 15) is 0 Å². The summed E-state index contributed by atoms with van der Waals surface area (Å²) in [7, 11) is 4.90. The number of rotatable bonds is 13. The van der Waals surface area contributed by atoms with E-state index in [1.807, 2.05) is 7.11 Å². The van der Waals surface area contributed by atoms with Gasteiger partial charge in [-0.3, -0.25) is 4.90 Å². The van der Waals surface area contributed by atoms with E-state index < -0.39 is 8.32 Å². The van der Waals surface area contributed by atoms with Crippen LogP contribution in [0, 0.1) is 0 Å². The summed E-state index contributed by atoms with van der Waals surface area (Å²) in [5.74, 6) is 0. The minimum atomic E-state index is -1.31. The molecule has 1 heterocycles. The molecule has 1 fully saturated rings. The Balaban J connectivity index is 1.90. The van der Waals surface area contributed by atoms with E-state index in [1.54, 1.807) is 0 Å². The van der Waals surface area contributed by atoms with Crippen LogP contribution in [0.2, 0.25) is 19.1 Å². The summed E-state index contributed by atoms with van der Waals surface area (Å²) in [6.07, 6.45) is 8.37. The molecule has 1 aliphatic heterocycles. The fourth-order valence-corrected chi connectivity index (χ4v) is 4.58. The van der Waals surface area contributed by atoms with E-state index in [1.165, 1.54) is 90.4 Å². The summed E-state index contributed by atoms with van der Waals surface area (Å²) in [4.78, 5) is 7.56. The van der Waals surface area contributed by atoms with Crippen molar-refractivity contribution in [2.75, 3.05) is 67.0 Å². The van der Waals surface area contributed by atoms with Crippen molar-refractivity contribution < 1.29 is 4.43 Å². The Morgan fingerprint density at radius 1 is 0.792 bits per heavy atom. The van der Waals surface area contributed by atoms with Gasteiger partial charge in [0.05, 0.1) is 0 Å². The van der Waals surface area contributed by atoms with Crippen molar-refractivity contribution in [2.45, 2.75) is 57.7 Å². The maximum Gasteiger partial charge on any atom is 0.186 e. The molecule has 5 heteroatoms. The standard InChI is InChI=1S/C19H43N3OSi/c1-20(2)13-14-22-17-15-21(16-18-22)12-10-8-6-7-9-11-19-24(4,5)23-3/h6-19H2,1-5H3. The van der Waals surface area contributed by atoms with Crippen molar-refractivity contribution in [3.05, 3.63) is 0 Å². The number of likely N-dealkylation sites (N-methyl/N-ethyl adjacent to an activating group) is 1. The molecule has 1 saturated heterocycles. The van der Waals surface area contributed by atoms with Gasteiger partial charge in [-0.25, -0.2) is 0 Å². The Bertz CT molecular complexity index is 305. The molecule has 4 nitrogen and oxygen atoms in total. The molecule has 0 aliphatic carbocycles. The SMILES string of the molecule is CO[Si](C)(C)CCCCCCCCN1CCN(CCN(C)C)CC1. The van der Waals surface area contributed by atoms with Gasteiger partial charge in [0.2, 0.25) is 0 Å². The fraction of sp³-hybridized carbons (Fsp3) is 1.00. The first-order valence-electron chi connectivity index (χ1n) is 10.1. The number of nitrogens with zero attached hydrogens (tertiary/aromatic N) is 3. The van der Waals surface area contributed by atoms with Crippen LogP contribution in [0.15, 0.2) is 0 Å². The molecule has 0 unspecified atom stereocenters. The highest BCUT2D eigenvalue weighted by Crippen LogP contribution is 2.16. The van der Waals surface area contributed by atoms with Gasteiger partial charge in [-0.15, -0.1) is 0 Å². The van der Waals surface area contributed by atoms with Crippen molar-refractivity contribution in [3.63, 3.8) is 0 Å². The largest absolute Gasteiger partial charge is 0.420 e. The molecular formula is C19H43N3OSi. The smallest absolute Gasteiger partial charge is 0.186 e. The van der Waals surface area contributed by atoms with E-state index in [0.29, 0.717) is 0 Å². The molecule has 0 amide bonds. The summed E-state index contributed by atoms with van der Waals surface area (Å²) < 4.78 is 5.61. The topological polar surface area (TPSA) is 19.0 Å². The summed E-state index contributed by atoms with van der Waals surface area (Å²) in [6, 6.07) is 1.32. The lowest BCUT2D eigenvalue weighted by atomic mass is 10.1. The quantitative estimate of drug-likeness (QED) is 0.372. The Labute approximate surface area is 152 Å². The van der Waals surface area contributed by atoms with Gasteiger partial charge < -0.3 is 14.2 Å². The zero-order valence-corrected chi connectivity index (χ0v) is 18.1. The molecule has 0 radical (unpaired) electrons. The average Bonchev–Trinajstić information content (AvgIpc) is 2.56. The van der Waals surface area contributed by atoms with Crippen LogP contribution in [0.4, 0.5) is 0 Å². The molecule has 0 aromatic rings. The maximum atomic E-state index is 5.61. The Morgan fingerprint density at radius 2 is 1.29 bits per heavy atom. The minimum absolute atomic E-state index is 1.18. The number of unbranched alkanes of at least 4 members (excludes halogenated alkanes) is 5. The molecule has 24 heavy (non-hydrogen) atoms. The third-order valence-corrected chi connectivity index (χ3v) is 8.05. The monoisotopic (exact) mass is 357 g/mol. The Kier molecular flexibility index (Phi) is 11.4. The third kappa shape index (κ3) is 10.8. The molecule has 144 valence electrons. The first kappa shape index (κ1) is 22.1. The highest BCUT2D eigenvalue weighted by atomic mass is 28.4. The Hall–Kier alpha value is 0.0569. The molecular weight excluding hydrogens is 314 g/mol. The highest BCUT2D eigenvalue weighted by molar-refractivity contribution is 6.71.